The van der Waals surface area contributed by atoms with Crippen molar-refractivity contribution in [1.29, 1.82) is 0 Å². The Morgan fingerprint density at radius 3 is 2.37 bits per heavy atom. The first kappa shape index (κ1) is 24.0. The SMILES string of the molecule is CN(C(=O)Cc1ccc(NC(=O)NCc2cccc(CN3CCCC3=O)c2)cc1)c1ccccc1. The highest BCUT2D eigenvalue weighted by atomic mass is 16.2. The van der Waals surface area contributed by atoms with Gasteiger partial charge in [-0.3, -0.25) is 9.59 Å². The van der Waals surface area contributed by atoms with Gasteiger partial charge in [0.05, 0.1) is 6.42 Å². The zero-order chi connectivity index (χ0) is 24.6. The zero-order valence-corrected chi connectivity index (χ0v) is 19.9. The number of carbonyl (C=O) groups excluding carboxylic acids is 3. The molecule has 3 aromatic carbocycles. The van der Waals surface area contributed by atoms with E-state index in [0.717, 1.165) is 35.3 Å². The van der Waals surface area contributed by atoms with Gasteiger partial charge >= 0.3 is 6.03 Å². The van der Waals surface area contributed by atoms with Crippen LogP contribution in [0.2, 0.25) is 0 Å². The van der Waals surface area contributed by atoms with Crippen molar-refractivity contribution in [2.45, 2.75) is 32.4 Å². The number of carbonyl (C=O) groups is 3. The summed E-state index contributed by atoms with van der Waals surface area (Å²) in [6.45, 7) is 1.79. The van der Waals surface area contributed by atoms with Crippen LogP contribution >= 0.6 is 0 Å². The van der Waals surface area contributed by atoms with Gasteiger partial charge in [0.2, 0.25) is 11.8 Å². The molecule has 7 nitrogen and oxygen atoms in total. The minimum Gasteiger partial charge on any atom is -0.338 e. The van der Waals surface area contributed by atoms with Crippen LogP contribution in [-0.4, -0.2) is 36.3 Å². The van der Waals surface area contributed by atoms with E-state index >= 15 is 0 Å². The van der Waals surface area contributed by atoms with E-state index < -0.39 is 0 Å². The number of para-hydroxylation sites is 1. The van der Waals surface area contributed by atoms with E-state index in [1.807, 2.05) is 71.6 Å². The van der Waals surface area contributed by atoms with E-state index in [9.17, 15) is 14.4 Å². The summed E-state index contributed by atoms with van der Waals surface area (Å²) < 4.78 is 0. The van der Waals surface area contributed by atoms with Crippen molar-refractivity contribution in [2.24, 2.45) is 0 Å². The van der Waals surface area contributed by atoms with Crippen molar-refractivity contribution in [3.05, 3.63) is 95.6 Å². The quantitative estimate of drug-likeness (QED) is 0.514. The number of likely N-dealkylation sites (tertiary alicyclic amines) is 1. The molecule has 180 valence electrons. The normalized spacial score (nSPS) is 12.9. The molecule has 35 heavy (non-hydrogen) atoms. The molecule has 1 aliphatic heterocycles. The molecule has 1 fully saturated rings. The van der Waals surface area contributed by atoms with Crippen molar-refractivity contribution >= 4 is 29.2 Å². The maximum absolute atomic E-state index is 12.6. The lowest BCUT2D eigenvalue weighted by Crippen LogP contribution is -2.28. The smallest absolute Gasteiger partial charge is 0.319 e. The lowest BCUT2D eigenvalue weighted by Gasteiger charge is -2.17. The van der Waals surface area contributed by atoms with Gasteiger partial charge in [-0.15, -0.1) is 0 Å². The van der Waals surface area contributed by atoms with Gasteiger partial charge in [0.25, 0.3) is 0 Å². The van der Waals surface area contributed by atoms with Gasteiger partial charge in [-0.2, -0.15) is 0 Å². The second-order valence-corrected chi connectivity index (χ2v) is 8.71. The maximum Gasteiger partial charge on any atom is 0.319 e. The Balaban J connectivity index is 1.25. The number of amides is 4. The molecule has 0 unspecified atom stereocenters. The van der Waals surface area contributed by atoms with Gasteiger partial charge in [-0.1, -0.05) is 54.6 Å². The summed E-state index contributed by atoms with van der Waals surface area (Å²) in [6.07, 6.45) is 1.82. The molecule has 0 radical (unpaired) electrons. The molecule has 1 saturated heterocycles. The Hall–Kier alpha value is -4.13. The second-order valence-electron chi connectivity index (χ2n) is 8.71. The number of urea groups is 1. The Kier molecular flexibility index (Phi) is 7.77. The Morgan fingerprint density at radius 1 is 0.914 bits per heavy atom. The summed E-state index contributed by atoms with van der Waals surface area (Å²) in [5, 5.41) is 5.69. The van der Waals surface area contributed by atoms with E-state index in [1.165, 1.54) is 0 Å². The van der Waals surface area contributed by atoms with Crippen LogP contribution in [0.1, 0.15) is 29.5 Å². The van der Waals surface area contributed by atoms with Crippen molar-refractivity contribution < 1.29 is 14.4 Å². The summed E-state index contributed by atoms with van der Waals surface area (Å²) in [7, 11) is 1.76. The topological polar surface area (TPSA) is 81.8 Å². The molecular weight excluding hydrogens is 440 g/mol. The molecule has 1 heterocycles. The largest absolute Gasteiger partial charge is 0.338 e. The first-order chi connectivity index (χ1) is 17.0. The summed E-state index contributed by atoms with van der Waals surface area (Å²) in [4.78, 5) is 40.3. The second kappa shape index (κ2) is 11.3. The Bertz CT molecular complexity index is 1180. The maximum atomic E-state index is 12.6. The molecule has 0 bridgehead atoms. The van der Waals surface area contributed by atoms with Gasteiger partial charge in [0, 0.05) is 44.5 Å². The lowest BCUT2D eigenvalue weighted by atomic mass is 10.1. The van der Waals surface area contributed by atoms with Crippen LogP contribution < -0.4 is 15.5 Å². The number of benzene rings is 3. The van der Waals surface area contributed by atoms with Gasteiger partial charge in [0.1, 0.15) is 0 Å². The molecule has 0 aliphatic carbocycles. The average molecular weight is 471 g/mol. The molecule has 0 spiro atoms. The fourth-order valence-electron chi connectivity index (χ4n) is 4.08. The van der Waals surface area contributed by atoms with Crippen LogP contribution in [0.4, 0.5) is 16.2 Å². The lowest BCUT2D eigenvalue weighted by molar-refractivity contribution is -0.128. The highest BCUT2D eigenvalue weighted by Gasteiger charge is 2.20. The molecule has 0 aromatic heterocycles. The molecule has 7 heteroatoms. The van der Waals surface area contributed by atoms with Gasteiger partial charge < -0.3 is 20.4 Å². The highest BCUT2D eigenvalue weighted by molar-refractivity contribution is 5.94. The first-order valence-electron chi connectivity index (χ1n) is 11.8. The number of hydrogen-bond acceptors (Lipinski definition) is 3. The van der Waals surface area contributed by atoms with Crippen LogP contribution in [0, 0.1) is 0 Å². The third kappa shape index (κ3) is 6.69. The molecule has 1 aliphatic rings. The molecule has 2 N–H and O–H groups in total. The van der Waals surface area contributed by atoms with E-state index in [2.05, 4.69) is 10.6 Å². The summed E-state index contributed by atoms with van der Waals surface area (Å²) >= 11 is 0. The van der Waals surface area contributed by atoms with Crippen LogP contribution in [0.25, 0.3) is 0 Å². The predicted octanol–water partition coefficient (Wildman–Crippen LogP) is 4.34. The Morgan fingerprint density at radius 2 is 1.66 bits per heavy atom. The third-order valence-electron chi connectivity index (χ3n) is 6.07. The molecule has 4 amide bonds. The van der Waals surface area contributed by atoms with Crippen molar-refractivity contribution in [3.8, 4) is 0 Å². The summed E-state index contributed by atoms with van der Waals surface area (Å²) in [5.74, 6) is 0.192. The highest BCUT2D eigenvalue weighted by Crippen LogP contribution is 2.16. The van der Waals surface area contributed by atoms with E-state index in [-0.39, 0.29) is 24.3 Å². The van der Waals surface area contributed by atoms with Crippen LogP contribution in [0.3, 0.4) is 0 Å². The van der Waals surface area contributed by atoms with Gasteiger partial charge in [-0.05, 0) is 47.4 Å². The fraction of sp³-hybridized carbons (Fsp3) is 0.250. The molecule has 3 aromatic rings. The van der Waals surface area contributed by atoms with Crippen LogP contribution in [0.15, 0.2) is 78.9 Å². The Labute approximate surface area is 205 Å². The predicted molar refractivity (Wildman–Crippen MR) is 137 cm³/mol. The molecule has 4 rings (SSSR count). The van der Waals surface area contributed by atoms with Crippen molar-refractivity contribution in [2.75, 3.05) is 23.8 Å². The molecule has 0 atom stereocenters. The van der Waals surface area contributed by atoms with Crippen LogP contribution in [-0.2, 0) is 29.1 Å². The number of likely N-dealkylation sites (N-methyl/N-ethyl adjacent to an activating group) is 1. The minimum absolute atomic E-state index is 0.00835. The first-order valence-corrected chi connectivity index (χ1v) is 11.8. The molecule has 0 saturated carbocycles. The number of anilines is 2. The summed E-state index contributed by atoms with van der Waals surface area (Å²) in [5.41, 5.74) is 4.40. The van der Waals surface area contributed by atoms with Gasteiger partial charge in [0.15, 0.2) is 0 Å². The molecular formula is C28H30N4O3. The van der Waals surface area contributed by atoms with Gasteiger partial charge in [-0.25, -0.2) is 4.79 Å². The minimum atomic E-state index is -0.308. The van der Waals surface area contributed by atoms with E-state index in [0.29, 0.717) is 25.2 Å². The number of hydrogen-bond donors (Lipinski definition) is 2. The fourth-order valence-corrected chi connectivity index (χ4v) is 4.08. The zero-order valence-electron chi connectivity index (χ0n) is 19.9. The monoisotopic (exact) mass is 470 g/mol. The number of nitrogens with one attached hydrogen (secondary N) is 2. The summed E-state index contributed by atoms with van der Waals surface area (Å²) in [6, 6.07) is 24.4. The third-order valence-corrected chi connectivity index (χ3v) is 6.07. The van der Waals surface area contributed by atoms with E-state index in [1.54, 1.807) is 24.1 Å². The number of rotatable bonds is 8. The average Bonchev–Trinajstić information content (AvgIpc) is 3.28. The van der Waals surface area contributed by atoms with Crippen molar-refractivity contribution in [3.63, 3.8) is 0 Å². The van der Waals surface area contributed by atoms with Crippen LogP contribution in [0.5, 0.6) is 0 Å². The number of nitrogens with zero attached hydrogens (tertiary/aromatic N) is 2. The standard InChI is InChI=1S/C28H30N4O3/c1-31(25-9-3-2-4-10-25)27(34)18-21-12-14-24(15-13-21)30-28(35)29-19-22-7-5-8-23(17-22)20-32-16-6-11-26(32)33/h2-5,7-10,12-15,17H,6,11,16,18-20H2,1H3,(H2,29,30,35). The van der Waals surface area contributed by atoms with E-state index in [4.69, 9.17) is 0 Å². The van der Waals surface area contributed by atoms with Crippen molar-refractivity contribution in [1.82, 2.24) is 10.2 Å².